The Morgan fingerprint density at radius 3 is 1.95 bits per heavy atom. The fraction of sp³-hybridized carbons (Fsp3) is 0.222. The monoisotopic (exact) mass is 281 g/mol. The van der Waals surface area contributed by atoms with E-state index in [2.05, 4.69) is 6.07 Å². The van der Waals surface area contributed by atoms with Gasteiger partial charge in [0.15, 0.2) is 0 Å². The van der Waals surface area contributed by atoms with E-state index in [-0.39, 0.29) is 0 Å². The summed E-state index contributed by atoms with van der Waals surface area (Å²) in [6.45, 7) is 3.40. The summed E-state index contributed by atoms with van der Waals surface area (Å²) in [5.74, 6) is -0.797. The minimum Gasteiger partial charge on any atom is -0.481 e. The first-order valence-corrected chi connectivity index (χ1v) is 6.68. The van der Waals surface area contributed by atoms with Crippen LogP contribution in [0.4, 0.5) is 0 Å². The second-order valence-electron chi connectivity index (χ2n) is 5.12. The third-order valence-electron chi connectivity index (χ3n) is 3.16. The molecule has 0 spiro atoms. The molecule has 0 atom stereocenters. The Morgan fingerprint density at radius 1 is 1.05 bits per heavy atom. The molecule has 0 aromatic heterocycles. The molecule has 2 aromatic carbocycles. The molecule has 0 bridgehead atoms. The number of carboxylic acid groups (broad SMARTS) is 1. The maximum Gasteiger partial charge on any atom is 0.313 e. The quantitative estimate of drug-likeness (QED) is 0.930. The highest BCUT2D eigenvalue weighted by molar-refractivity contribution is 5.80. The summed E-state index contributed by atoms with van der Waals surface area (Å²) in [6.07, 6.45) is 0.515. The number of hydrogen-bond donors (Lipinski definition) is 1. The second-order valence-corrected chi connectivity index (χ2v) is 5.12. The molecule has 0 fully saturated rings. The fourth-order valence-electron chi connectivity index (χ4n) is 1.67. The van der Waals surface area contributed by atoms with Crippen molar-refractivity contribution in [1.29, 1.82) is 5.26 Å². The number of rotatable bonds is 3. The molecule has 0 saturated carbocycles. The predicted molar refractivity (Wildman–Crippen MR) is 82.9 cm³/mol. The Kier molecular flexibility index (Phi) is 6.16. The van der Waals surface area contributed by atoms with Crippen molar-refractivity contribution in [2.24, 2.45) is 0 Å². The molecule has 0 aliphatic rings. The summed E-state index contributed by atoms with van der Waals surface area (Å²) >= 11 is 0. The van der Waals surface area contributed by atoms with Crippen molar-refractivity contribution < 1.29 is 9.90 Å². The number of nitrogens with zero attached hydrogens (tertiary/aromatic N) is 1. The lowest BCUT2D eigenvalue weighted by Crippen LogP contribution is -2.28. The van der Waals surface area contributed by atoms with Crippen molar-refractivity contribution in [2.45, 2.75) is 25.7 Å². The van der Waals surface area contributed by atoms with Crippen molar-refractivity contribution in [2.75, 3.05) is 0 Å². The summed E-state index contributed by atoms with van der Waals surface area (Å²) in [5.41, 5.74) is 1.12. The van der Waals surface area contributed by atoms with E-state index in [1.54, 1.807) is 13.8 Å². The van der Waals surface area contributed by atoms with E-state index in [9.17, 15) is 4.79 Å². The number of aliphatic carboxylic acids is 1. The van der Waals surface area contributed by atoms with Gasteiger partial charge in [0.05, 0.1) is 17.9 Å². The summed E-state index contributed by atoms with van der Waals surface area (Å²) < 4.78 is 0. The number of hydrogen-bond acceptors (Lipinski definition) is 2. The molecule has 0 saturated heterocycles. The number of carboxylic acids is 1. The van der Waals surface area contributed by atoms with Crippen LogP contribution in [0.25, 0.3) is 0 Å². The fourth-order valence-corrected chi connectivity index (χ4v) is 1.67. The summed E-state index contributed by atoms with van der Waals surface area (Å²) in [4.78, 5) is 10.8. The number of carbonyl (C=O) groups is 1. The zero-order valence-corrected chi connectivity index (χ0v) is 12.3. The molecule has 3 heteroatoms. The van der Waals surface area contributed by atoms with Crippen molar-refractivity contribution in [3.05, 3.63) is 71.8 Å². The first-order chi connectivity index (χ1) is 9.98. The lowest BCUT2D eigenvalue weighted by atomic mass is 9.85. The first kappa shape index (κ1) is 16.5. The Bertz CT molecular complexity index is 598. The van der Waals surface area contributed by atoms with Crippen LogP contribution in [0.15, 0.2) is 60.7 Å². The van der Waals surface area contributed by atoms with Gasteiger partial charge in [-0.25, -0.2) is 0 Å². The Labute approximate surface area is 125 Å². The van der Waals surface area contributed by atoms with E-state index >= 15 is 0 Å². The van der Waals surface area contributed by atoms with Gasteiger partial charge in [0.2, 0.25) is 0 Å². The summed E-state index contributed by atoms with van der Waals surface area (Å²) in [5, 5.41) is 17.2. The highest BCUT2D eigenvalue weighted by Gasteiger charge is 2.28. The molecule has 2 rings (SSSR count). The molecule has 0 radical (unpaired) electrons. The van der Waals surface area contributed by atoms with Gasteiger partial charge in [-0.2, -0.15) is 5.26 Å². The number of benzene rings is 2. The maximum absolute atomic E-state index is 10.8. The van der Waals surface area contributed by atoms with Crippen LogP contribution in [0.1, 0.15) is 25.0 Å². The highest BCUT2D eigenvalue weighted by Crippen LogP contribution is 2.22. The van der Waals surface area contributed by atoms with E-state index in [1.807, 2.05) is 60.7 Å². The van der Waals surface area contributed by atoms with Gasteiger partial charge in [0.1, 0.15) is 0 Å². The Hall–Kier alpha value is -2.60. The summed E-state index contributed by atoms with van der Waals surface area (Å²) in [7, 11) is 0. The van der Waals surface area contributed by atoms with E-state index in [4.69, 9.17) is 10.4 Å². The average Bonchev–Trinajstić information content (AvgIpc) is 2.50. The molecule has 2 aromatic rings. The molecule has 108 valence electrons. The molecule has 0 amide bonds. The van der Waals surface area contributed by atoms with Crippen LogP contribution in [0, 0.1) is 11.3 Å². The van der Waals surface area contributed by atoms with Crippen LogP contribution in [-0.4, -0.2) is 11.1 Å². The molecule has 0 heterocycles. The van der Waals surface area contributed by atoms with Crippen LogP contribution < -0.4 is 0 Å². The topological polar surface area (TPSA) is 61.1 Å². The van der Waals surface area contributed by atoms with Gasteiger partial charge >= 0.3 is 5.97 Å². The maximum atomic E-state index is 10.8. The van der Waals surface area contributed by atoms with E-state index in [1.165, 1.54) is 0 Å². The van der Waals surface area contributed by atoms with Gasteiger partial charge in [-0.05, 0) is 25.0 Å². The van der Waals surface area contributed by atoms with Gasteiger partial charge < -0.3 is 5.11 Å². The van der Waals surface area contributed by atoms with Gasteiger partial charge in [-0.3, -0.25) is 4.79 Å². The lowest BCUT2D eigenvalue weighted by Gasteiger charge is -2.18. The molecule has 21 heavy (non-hydrogen) atoms. The van der Waals surface area contributed by atoms with Gasteiger partial charge in [-0.1, -0.05) is 60.7 Å². The molecule has 0 aliphatic carbocycles. The Balaban J connectivity index is 0.000000219. The zero-order chi connectivity index (χ0) is 15.7. The van der Waals surface area contributed by atoms with E-state index in [0.717, 1.165) is 11.1 Å². The largest absolute Gasteiger partial charge is 0.481 e. The third-order valence-corrected chi connectivity index (χ3v) is 3.16. The van der Waals surface area contributed by atoms with Crippen LogP contribution in [0.2, 0.25) is 0 Å². The van der Waals surface area contributed by atoms with Gasteiger partial charge in [0.25, 0.3) is 0 Å². The van der Waals surface area contributed by atoms with Crippen molar-refractivity contribution in [1.82, 2.24) is 0 Å². The average molecular weight is 281 g/mol. The lowest BCUT2D eigenvalue weighted by molar-refractivity contribution is -0.142. The minimum absolute atomic E-state index is 0.515. The van der Waals surface area contributed by atoms with E-state index < -0.39 is 11.4 Å². The summed E-state index contributed by atoms with van der Waals surface area (Å²) in [6, 6.07) is 21.0. The predicted octanol–water partition coefficient (Wildman–Crippen LogP) is 3.80. The standard InChI is InChI=1S/C10H12O2.C8H7N/c1-10(2,9(11)12)8-6-4-3-5-7-8;9-7-6-8-4-2-1-3-5-8/h3-7H,1-2H3,(H,11,12);1-5H,6H2. The second kappa shape index (κ2) is 7.86. The van der Waals surface area contributed by atoms with Crippen LogP contribution in [-0.2, 0) is 16.6 Å². The molecular weight excluding hydrogens is 262 g/mol. The minimum atomic E-state index is -0.797. The van der Waals surface area contributed by atoms with E-state index in [0.29, 0.717) is 6.42 Å². The van der Waals surface area contributed by atoms with Gasteiger partial charge in [0, 0.05) is 0 Å². The van der Waals surface area contributed by atoms with Crippen LogP contribution in [0.5, 0.6) is 0 Å². The van der Waals surface area contributed by atoms with Crippen LogP contribution >= 0.6 is 0 Å². The molecule has 0 unspecified atom stereocenters. The molecule has 0 aliphatic heterocycles. The molecular formula is C18H19NO2. The first-order valence-electron chi connectivity index (χ1n) is 6.68. The highest BCUT2D eigenvalue weighted by atomic mass is 16.4. The van der Waals surface area contributed by atoms with Gasteiger partial charge in [-0.15, -0.1) is 0 Å². The Morgan fingerprint density at radius 2 is 1.52 bits per heavy atom. The third kappa shape index (κ3) is 5.12. The number of nitriles is 1. The zero-order valence-electron chi connectivity index (χ0n) is 12.3. The van der Waals surface area contributed by atoms with Crippen molar-refractivity contribution in [3.8, 4) is 6.07 Å². The van der Waals surface area contributed by atoms with Crippen molar-refractivity contribution >= 4 is 5.97 Å². The normalized spacial score (nSPS) is 9.95. The van der Waals surface area contributed by atoms with Crippen LogP contribution in [0.3, 0.4) is 0 Å². The SMILES string of the molecule is CC(C)(C(=O)O)c1ccccc1.N#CCc1ccccc1. The molecule has 1 N–H and O–H groups in total. The van der Waals surface area contributed by atoms with Crippen molar-refractivity contribution in [3.63, 3.8) is 0 Å². The molecule has 3 nitrogen and oxygen atoms in total. The smallest absolute Gasteiger partial charge is 0.313 e.